The predicted octanol–water partition coefficient (Wildman–Crippen LogP) is 1.41. The van der Waals surface area contributed by atoms with Crippen LogP contribution in [0.3, 0.4) is 0 Å². The number of hydrogen-bond acceptors (Lipinski definition) is 3. The standard InChI is InChI=1S/C14H27N3O3/c1-4-6-11(9-12(18)19)16-13(20)15-10-14(17(2)3)7-5-8-14/h11H,4-10H2,1-3H3,(H,18,19)(H2,15,16,20). The van der Waals surface area contributed by atoms with Crippen molar-refractivity contribution in [3.8, 4) is 0 Å². The first-order valence-electron chi connectivity index (χ1n) is 7.33. The molecule has 1 aliphatic carbocycles. The van der Waals surface area contributed by atoms with Crippen LogP contribution in [0.1, 0.15) is 45.4 Å². The van der Waals surface area contributed by atoms with Crippen molar-refractivity contribution in [1.29, 1.82) is 0 Å². The molecule has 116 valence electrons. The van der Waals surface area contributed by atoms with Crippen LogP contribution in [0.4, 0.5) is 4.79 Å². The maximum Gasteiger partial charge on any atom is 0.315 e. The Hall–Kier alpha value is -1.30. The minimum atomic E-state index is -0.882. The average molecular weight is 285 g/mol. The summed E-state index contributed by atoms with van der Waals surface area (Å²) < 4.78 is 0. The molecular formula is C14H27N3O3. The van der Waals surface area contributed by atoms with E-state index in [0.29, 0.717) is 13.0 Å². The number of aliphatic carboxylic acids is 1. The number of hydrogen-bond donors (Lipinski definition) is 3. The molecule has 1 unspecified atom stereocenters. The number of urea groups is 1. The van der Waals surface area contributed by atoms with E-state index >= 15 is 0 Å². The first-order chi connectivity index (χ1) is 9.39. The third kappa shape index (κ3) is 4.67. The van der Waals surface area contributed by atoms with E-state index in [1.165, 1.54) is 6.42 Å². The van der Waals surface area contributed by atoms with Crippen LogP contribution < -0.4 is 10.6 Å². The monoisotopic (exact) mass is 285 g/mol. The summed E-state index contributed by atoms with van der Waals surface area (Å²) in [4.78, 5) is 24.8. The summed E-state index contributed by atoms with van der Waals surface area (Å²) in [6.45, 7) is 2.58. The lowest BCUT2D eigenvalue weighted by atomic mass is 9.75. The summed E-state index contributed by atoms with van der Waals surface area (Å²) in [5, 5.41) is 14.5. The van der Waals surface area contributed by atoms with Crippen molar-refractivity contribution in [3.63, 3.8) is 0 Å². The van der Waals surface area contributed by atoms with Gasteiger partial charge in [-0.2, -0.15) is 0 Å². The van der Waals surface area contributed by atoms with Gasteiger partial charge in [0.1, 0.15) is 0 Å². The molecule has 6 nitrogen and oxygen atoms in total. The molecule has 0 spiro atoms. The Labute approximate surface area is 120 Å². The van der Waals surface area contributed by atoms with E-state index in [9.17, 15) is 9.59 Å². The minimum absolute atomic E-state index is 0.0277. The fourth-order valence-corrected chi connectivity index (χ4v) is 2.63. The van der Waals surface area contributed by atoms with Gasteiger partial charge in [-0.15, -0.1) is 0 Å². The van der Waals surface area contributed by atoms with Gasteiger partial charge in [0.2, 0.25) is 0 Å². The third-order valence-electron chi connectivity index (χ3n) is 4.20. The molecule has 0 aliphatic heterocycles. The van der Waals surface area contributed by atoms with E-state index in [4.69, 9.17) is 5.11 Å². The molecule has 0 aromatic carbocycles. The quantitative estimate of drug-likeness (QED) is 0.630. The molecule has 2 amide bonds. The van der Waals surface area contributed by atoms with Gasteiger partial charge in [-0.05, 0) is 39.8 Å². The first-order valence-corrected chi connectivity index (χ1v) is 7.33. The maximum atomic E-state index is 11.9. The fraction of sp³-hybridized carbons (Fsp3) is 0.857. The molecule has 1 atom stereocenters. The van der Waals surface area contributed by atoms with E-state index in [2.05, 4.69) is 15.5 Å². The Morgan fingerprint density at radius 2 is 2.00 bits per heavy atom. The van der Waals surface area contributed by atoms with E-state index in [1.54, 1.807) is 0 Å². The fourth-order valence-electron chi connectivity index (χ4n) is 2.63. The van der Waals surface area contributed by atoms with Gasteiger partial charge in [-0.3, -0.25) is 4.79 Å². The van der Waals surface area contributed by atoms with Crippen molar-refractivity contribution in [2.45, 2.75) is 57.0 Å². The first kappa shape index (κ1) is 16.8. The Bertz CT molecular complexity index is 341. The Morgan fingerprint density at radius 1 is 1.35 bits per heavy atom. The van der Waals surface area contributed by atoms with Crippen molar-refractivity contribution in [1.82, 2.24) is 15.5 Å². The van der Waals surface area contributed by atoms with Crippen molar-refractivity contribution in [2.24, 2.45) is 0 Å². The van der Waals surface area contributed by atoms with Crippen LogP contribution in [0.25, 0.3) is 0 Å². The van der Waals surface area contributed by atoms with Crippen molar-refractivity contribution in [3.05, 3.63) is 0 Å². The highest BCUT2D eigenvalue weighted by atomic mass is 16.4. The van der Waals surface area contributed by atoms with Gasteiger partial charge in [0.05, 0.1) is 6.42 Å². The molecule has 20 heavy (non-hydrogen) atoms. The second kappa shape index (κ2) is 7.47. The largest absolute Gasteiger partial charge is 0.481 e. The van der Waals surface area contributed by atoms with Gasteiger partial charge >= 0.3 is 12.0 Å². The van der Waals surface area contributed by atoms with E-state index in [0.717, 1.165) is 19.3 Å². The summed E-state index contributed by atoms with van der Waals surface area (Å²) in [7, 11) is 4.06. The highest BCUT2D eigenvalue weighted by molar-refractivity contribution is 5.75. The molecule has 1 saturated carbocycles. The highest BCUT2D eigenvalue weighted by Crippen LogP contribution is 2.35. The van der Waals surface area contributed by atoms with Gasteiger partial charge in [0.15, 0.2) is 0 Å². The van der Waals surface area contributed by atoms with Gasteiger partial charge in [0, 0.05) is 18.1 Å². The topological polar surface area (TPSA) is 81.7 Å². The summed E-state index contributed by atoms with van der Waals surface area (Å²) >= 11 is 0. The SMILES string of the molecule is CCCC(CC(=O)O)NC(=O)NCC1(N(C)C)CCC1. The molecule has 6 heteroatoms. The number of rotatable bonds is 8. The third-order valence-corrected chi connectivity index (χ3v) is 4.20. The van der Waals surface area contributed by atoms with Crippen LogP contribution in [-0.4, -0.2) is 54.2 Å². The maximum absolute atomic E-state index is 11.9. The molecule has 0 radical (unpaired) electrons. The molecule has 0 heterocycles. The lowest BCUT2D eigenvalue weighted by molar-refractivity contribution is -0.137. The number of nitrogens with one attached hydrogen (secondary N) is 2. The van der Waals surface area contributed by atoms with Crippen LogP contribution in [0.5, 0.6) is 0 Å². The molecule has 1 aliphatic rings. The van der Waals surface area contributed by atoms with Crippen LogP contribution in [0.15, 0.2) is 0 Å². The number of carbonyl (C=O) groups excluding carboxylic acids is 1. The van der Waals surface area contributed by atoms with Crippen LogP contribution in [0, 0.1) is 0 Å². The van der Waals surface area contributed by atoms with Gasteiger partial charge in [-0.25, -0.2) is 4.79 Å². The van der Waals surface area contributed by atoms with Crippen molar-refractivity contribution >= 4 is 12.0 Å². The predicted molar refractivity (Wildman–Crippen MR) is 77.8 cm³/mol. The van der Waals surface area contributed by atoms with Crippen LogP contribution in [-0.2, 0) is 4.79 Å². The van der Waals surface area contributed by atoms with Crippen LogP contribution >= 0.6 is 0 Å². The summed E-state index contributed by atoms with van der Waals surface area (Å²) in [5.74, 6) is -0.882. The summed E-state index contributed by atoms with van der Waals surface area (Å²) in [6, 6.07) is -0.563. The number of likely N-dealkylation sites (N-methyl/N-ethyl adjacent to an activating group) is 1. The van der Waals surface area contributed by atoms with Crippen LogP contribution in [0.2, 0.25) is 0 Å². The van der Waals surface area contributed by atoms with Gasteiger partial charge in [0.25, 0.3) is 0 Å². The van der Waals surface area contributed by atoms with Crippen molar-refractivity contribution in [2.75, 3.05) is 20.6 Å². The highest BCUT2D eigenvalue weighted by Gasteiger charge is 2.39. The van der Waals surface area contributed by atoms with E-state index in [-0.39, 0.29) is 24.0 Å². The molecule has 1 fully saturated rings. The molecule has 0 bridgehead atoms. The second-order valence-corrected chi connectivity index (χ2v) is 5.88. The molecule has 1 rings (SSSR count). The number of carbonyl (C=O) groups is 2. The zero-order valence-corrected chi connectivity index (χ0v) is 12.7. The summed E-state index contributed by atoms with van der Waals surface area (Å²) in [5.41, 5.74) is 0.0738. The summed E-state index contributed by atoms with van der Waals surface area (Å²) in [6.07, 6.45) is 4.87. The number of carboxylic acids is 1. The Balaban J connectivity index is 2.39. The zero-order valence-electron chi connectivity index (χ0n) is 12.7. The molecule has 0 aromatic rings. The lowest BCUT2D eigenvalue weighted by Crippen LogP contribution is -2.58. The van der Waals surface area contributed by atoms with E-state index in [1.807, 2.05) is 21.0 Å². The molecular weight excluding hydrogens is 258 g/mol. The van der Waals surface area contributed by atoms with Crippen molar-refractivity contribution < 1.29 is 14.7 Å². The Morgan fingerprint density at radius 3 is 2.40 bits per heavy atom. The number of amides is 2. The second-order valence-electron chi connectivity index (χ2n) is 5.88. The normalized spacial score (nSPS) is 18.2. The average Bonchev–Trinajstić information content (AvgIpc) is 2.26. The van der Waals surface area contributed by atoms with Gasteiger partial charge < -0.3 is 20.6 Å². The minimum Gasteiger partial charge on any atom is -0.481 e. The van der Waals surface area contributed by atoms with Gasteiger partial charge in [-0.1, -0.05) is 13.3 Å². The number of carboxylic acid groups (broad SMARTS) is 1. The molecule has 0 aromatic heterocycles. The zero-order chi connectivity index (χ0) is 15.2. The molecule has 0 saturated heterocycles. The smallest absolute Gasteiger partial charge is 0.315 e. The lowest BCUT2D eigenvalue weighted by Gasteiger charge is -2.47. The van der Waals surface area contributed by atoms with E-state index < -0.39 is 5.97 Å². The number of nitrogens with zero attached hydrogens (tertiary/aromatic N) is 1. The molecule has 3 N–H and O–H groups in total. The Kier molecular flexibility index (Phi) is 6.26.